The third kappa shape index (κ3) is 4.92. The molecule has 2 heterocycles. The van der Waals surface area contributed by atoms with Gasteiger partial charge >= 0.3 is 6.09 Å². The number of ether oxygens (including phenoxy) is 1. The highest BCUT2D eigenvalue weighted by atomic mass is 35.5. The summed E-state index contributed by atoms with van der Waals surface area (Å²) in [6.07, 6.45) is 2.27. The Morgan fingerprint density at radius 3 is 2.66 bits per heavy atom. The quantitative estimate of drug-likeness (QED) is 0.530. The van der Waals surface area contributed by atoms with Crippen molar-refractivity contribution in [2.45, 2.75) is 39.3 Å². The number of aromatic nitrogens is 3. The maximum atomic E-state index is 14.8. The molecule has 0 aliphatic rings. The number of halogens is 3. The summed E-state index contributed by atoms with van der Waals surface area (Å²) in [5.74, 6) is -0.547. The Balaban J connectivity index is 2.06. The molecule has 1 unspecified atom stereocenters. The van der Waals surface area contributed by atoms with Gasteiger partial charge in [0.1, 0.15) is 16.9 Å². The highest BCUT2D eigenvalue weighted by Crippen LogP contribution is 2.33. The third-order valence-electron chi connectivity index (χ3n) is 4.02. The second-order valence-electron chi connectivity index (χ2n) is 7.46. The van der Waals surface area contributed by atoms with E-state index in [4.69, 9.17) is 27.9 Å². The minimum atomic E-state index is -0.633. The number of carbonyl (C=O) groups excluding carboxylic acids is 1. The van der Waals surface area contributed by atoms with Crippen LogP contribution in [0.25, 0.3) is 22.2 Å². The Morgan fingerprint density at radius 2 is 1.97 bits per heavy atom. The molecule has 3 rings (SSSR count). The molecule has 0 aliphatic heterocycles. The van der Waals surface area contributed by atoms with Gasteiger partial charge in [-0.2, -0.15) is 0 Å². The van der Waals surface area contributed by atoms with Crippen molar-refractivity contribution in [3.63, 3.8) is 0 Å². The van der Waals surface area contributed by atoms with Crippen molar-refractivity contribution in [3.8, 4) is 11.3 Å². The molecule has 6 nitrogen and oxygen atoms in total. The molecule has 29 heavy (non-hydrogen) atoms. The first-order valence-corrected chi connectivity index (χ1v) is 9.57. The van der Waals surface area contributed by atoms with Crippen molar-refractivity contribution in [2.75, 3.05) is 0 Å². The number of fused-ring (bicyclic) bond motifs is 1. The summed E-state index contributed by atoms with van der Waals surface area (Å²) < 4.78 is 20.1. The van der Waals surface area contributed by atoms with Crippen LogP contribution >= 0.6 is 23.2 Å². The molecule has 0 fully saturated rings. The van der Waals surface area contributed by atoms with Crippen molar-refractivity contribution in [1.29, 1.82) is 0 Å². The zero-order valence-electron chi connectivity index (χ0n) is 16.3. The van der Waals surface area contributed by atoms with E-state index < -0.39 is 23.6 Å². The van der Waals surface area contributed by atoms with Gasteiger partial charge in [0.15, 0.2) is 0 Å². The number of pyridine rings is 1. The van der Waals surface area contributed by atoms with Gasteiger partial charge in [0.2, 0.25) is 5.28 Å². The van der Waals surface area contributed by atoms with E-state index in [-0.39, 0.29) is 15.8 Å². The maximum Gasteiger partial charge on any atom is 0.408 e. The third-order valence-corrected chi connectivity index (χ3v) is 4.48. The molecule has 1 atom stereocenters. The normalized spacial score (nSPS) is 12.7. The molecular weight excluding hydrogens is 418 g/mol. The molecule has 1 aromatic carbocycles. The highest BCUT2D eigenvalue weighted by Gasteiger charge is 2.21. The summed E-state index contributed by atoms with van der Waals surface area (Å²) in [5, 5.41) is 3.50. The predicted molar refractivity (Wildman–Crippen MR) is 111 cm³/mol. The fourth-order valence-corrected chi connectivity index (χ4v) is 3.19. The smallest absolute Gasteiger partial charge is 0.408 e. The predicted octanol–water partition coefficient (Wildman–Crippen LogP) is 5.72. The second-order valence-corrected chi connectivity index (χ2v) is 8.20. The Morgan fingerprint density at radius 1 is 1.24 bits per heavy atom. The molecule has 0 saturated heterocycles. The molecule has 1 amide bonds. The van der Waals surface area contributed by atoms with Gasteiger partial charge in [-0.15, -0.1) is 0 Å². The standard InChI is InChI=1S/C20H19Cl2FN4O2/c1-10(26-19(28)29-20(2,3)4)12-5-6-24-17-13(12)7-11(8-15(17)23)16-14(21)9-25-18(22)27-16/h5-10H,1-4H3,(H,26,28). The summed E-state index contributed by atoms with van der Waals surface area (Å²) in [6, 6.07) is 4.24. The van der Waals surface area contributed by atoms with Crippen LogP contribution in [0.15, 0.2) is 30.6 Å². The van der Waals surface area contributed by atoms with E-state index in [1.807, 2.05) is 0 Å². The monoisotopic (exact) mass is 436 g/mol. The molecule has 0 saturated carbocycles. The molecular formula is C20H19Cl2FN4O2. The zero-order valence-corrected chi connectivity index (χ0v) is 17.8. The molecule has 0 radical (unpaired) electrons. The largest absolute Gasteiger partial charge is 0.444 e. The zero-order chi connectivity index (χ0) is 21.3. The lowest BCUT2D eigenvalue weighted by Crippen LogP contribution is -2.34. The Hall–Kier alpha value is -2.51. The first-order valence-electron chi connectivity index (χ1n) is 8.81. The number of carbonyl (C=O) groups is 1. The summed E-state index contributed by atoms with van der Waals surface area (Å²) in [6.45, 7) is 7.10. The molecule has 0 bridgehead atoms. The molecule has 2 aromatic heterocycles. The van der Waals surface area contributed by atoms with Crippen LogP contribution in [0.3, 0.4) is 0 Å². The first-order chi connectivity index (χ1) is 13.5. The van der Waals surface area contributed by atoms with E-state index in [0.717, 1.165) is 0 Å². The highest BCUT2D eigenvalue weighted by molar-refractivity contribution is 6.33. The van der Waals surface area contributed by atoms with E-state index in [1.54, 1.807) is 39.8 Å². The van der Waals surface area contributed by atoms with E-state index in [0.29, 0.717) is 22.2 Å². The van der Waals surface area contributed by atoms with Crippen LogP contribution in [0.4, 0.5) is 9.18 Å². The van der Waals surface area contributed by atoms with Crippen molar-refractivity contribution in [3.05, 3.63) is 52.3 Å². The Labute approximate surface area is 177 Å². The minimum Gasteiger partial charge on any atom is -0.444 e. The summed E-state index contributed by atoms with van der Waals surface area (Å²) >= 11 is 12.0. The van der Waals surface area contributed by atoms with E-state index in [9.17, 15) is 9.18 Å². The van der Waals surface area contributed by atoms with Gasteiger partial charge in [-0.1, -0.05) is 11.6 Å². The molecule has 152 valence electrons. The summed E-state index contributed by atoms with van der Waals surface area (Å²) in [5.41, 5.74) is 0.920. The van der Waals surface area contributed by atoms with E-state index >= 15 is 0 Å². The van der Waals surface area contributed by atoms with Crippen LogP contribution < -0.4 is 5.32 Å². The maximum absolute atomic E-state index is 14.8. The lowest BCUT2D eigenvalue weighted by Gasteiger charge is -2.22. The fourth-order valence-electron chi connectivity index (χ4n) is 2.86. The van der Waals surface area contributed by atoms with E-state index in [2.05, 4.69) is 20.3 Å². The van der Waals surface area contributed by atoms with Crippen LogP contribution in [0.2, 0.25) is 10.3 Å². The fraction of sp³-hybridized carbons (Fsp3) is 0.300. The first kappa shape index (κ1) is 21.2. The lowest BCUT2D eigenvalue weighted by molar-refractivity contribution is 0.0508. The topological polar surface area (TPSA) is 77.0 Å². The summed E-state index contributed by atoms with van der Waals surface area (Å²) in [4.78, 5) is 24.2. The van der Waals surface area contributed by atoms with E-state index in [1.165, 1.54) is 18.5 Å². The number of nitrogens with zero attached hydrogens (tertiary/aromatic N) is 3. The second kappa shape index (κ2) is 8.08. The molecule has 0 spiro atoms. The van der Waals surface area contributed by atoms with Crippen molar-refractivity contribution < 1.29 is 13.9 Å². The van der Waals surface area contributed by atoms with Crippen LogP contribution in [0.1, 0.15) is 39.3 Å². The Bertz CT molecular complexity index is 1090. The van der Waals surface area contributed by atoms with Crippen LogP contribution in [0.5, 0.6) is 0 Å². The molecule has 3 aromatic rings. The average molecular weight is 437 g/mol. The van der Waals surface area contributed by atoms with Crippen LogP contribution in [0, 0.1) is 5.82 Å². The van der Waals surface area contributed by atoms with Gasteiger partial charge < -0.3 is 10.1 Å². The molecule has 9 heteroatoms. The van der Waals surface area contributed by atoms with Gasteiger partial charge in [-0.3, -0.25) is 4.98 Å². The average Bonchev–Trinajstić information content (AvgIpc) is 2.61. The number of rotatable bonds is 3. The molecule has 0 aliphatic carbocycles. The lowest BCUT2D eigenvalue weighted by atomic mass is 10.00. The number of amides is 1. The number of hydrogen-bond acceptors (Lipinski definition) is 5. The number of alkyl carbamates (subject to hydrolysis) is 1. The number of benzene rings is 1. The van der Waals surface area contributed by atoms with Gasteiger partial charge in [-0.05, 0) is 63.1 Å². The Kier molecular flexibility index (Phi) is 5.91. The van der Waals surface area contributed by atoms with Gasteiger partial charge in [0.25, 0.3) is 0 Å². The molecule has 1 N–H and O–H groups in total. The van der Waals surface area contributed by atoms with Gasteiger partial charge in [0.05, 0.1) is 23.0 Å². The summed E-state index contributed by atoms with van der Waals surface area (Å²) in [7, 11) is 0. The SMILES string of the molecule is CC(NC(=O)OC(C)(C)C)c1ccnc2c(F)cc(-c3nc(Cl)ncc3Cl)cc12. The van der Waals surface area contributed by atoms with Crippen molar-refractivity contribution >= 4 is 40.2 Å². The van der Waals surface area contributed by atoms with Crippen molar-refractivity contribution in [1.82, 2.24) is 20.3 Å². The number of nitrogens with one attached hydrogen (secondary N) is 1. The minimum absolute atomic E-state index is 0.00345. The van der Waals surface area contributed by atoms with Gasteiger partial charge in [-0.25, -0.2) is 19.2 Å². The number of hydrogen-bond donors (Lipinski definition) is 1. The van der Waals surface area contributed by atoms with Crippen LogP contribution in [-0.4, -0.2) is 26.6 Å². The van der Waals surface area contributed by atoms with Gasteiger partial charge in [0, 0.05) is 17.1 Å². The van der Waals surface area contributed by atoms with Crippen molar-refractivity contribution in [2.24, 2.45) is 0 Å². The van der Waals surface area contributed by atoms with Crippen LogP contribution in [-0.2, 0) is 4.74 Å².